The molecule has 0 aliphatic carbocycles. The van der Waals surface area contributed by atoms with E-state index in [4.69, 9.17) is 9.47 Å². The number of nitrogens with one attached hydrogen (secondary N) is 2. The molecule has 0 saturated carbocycles. The molecule has 0 bridgehead atoms. The van der Waals surface area contributed by atoms with Gasteiger partial charge in [0.25, 0.3) is 0 Å². The van der Waals surface area contributed by atoms with Gasteiger partial charge in [0.1, 0.15) is 12.4 Å². The van der Waals surface area contributed by atoms with Crippen molar-refractivity contribution in [3.63, 3.8) is 0 Å². The van der Waals surface area contributed by atoms with Crippen LogP contribution in [0.3, 0.4) is 0 Å². The fourth-order valence-electron chi connectivity index (χ4n) is 2.22. The fraction of sp³-hybridized carbons (Fsp3) is 0.300. The molecular weight excluding hydrogens is 332 g/mol. The van der Waals surface area contributed by atoms with E-state index in [0.717, 1.165) is 11.3 Å². The Morgan fingerprint density at radius 2 is 1.73 bits per heavy atom. The molecule has 0 aliphatic rings. The highest BCUT2D eigenvalue weighted by Gasteiger charge is 2.04. The van der Waals surface area contributed by atoms with Crippen molar-refractivity contribution in [2.45, 2.75) is 26.4 Å². The van der Waals surface area contributed by atoms with Gasteiger partial charge in [-0.3, -0.25) is 4.79 Å². The predicted octanol–water partition coefficient (Wildman–Crippen LogP) is 3.73. The molecule has 0 atom stereocenters. The number of anilines is 1. The zero-order valence-electron chi connectivity index (χ0n) is 14.9. The van der Waals surface area contributed by atoms with Crippen LogP contribution in [0.4, 0.5) is 10.5 Å². The third-order valence-corrected chi connectivity index (χ3v) is 3.51. The van der Waals surface area contributed by atoms with E-state index in [1.54, 1.807) is 31.2 Å². The number of esters is 1. The molecule has 6 nitrogen and oxygen atoms in total. The summed E-state index contributed by atoms with van der Waals surface area (Å²) in [5.74, 6) is 0.482. The maximum absolute atomic E-state index is 11.8. The number of urea groups is 1. The minimum absolute atomic E-state index is 0.249. The summed E-state index contributed by atoms with van der Waals surface area (Å²) in [6.07, 6.45) is 0.833. The van der Waals surface area contributed by atoms with Crippen molar-refractivity contribution < 1.29 is 19.1 Å². The van der Waals surface area contributed by atoms with E-state index in [0.29, 0.717) is 38.3 Å². The van der Waals surface area contributed by atoms with Crippen molar-refractivity contribution >= 4 is 17.7 Å². The van der Waals surface area contributed by atoms with Crippen molar-refractivity contribution in [3.8, 4) is 5.75 Å². The summed E-state index contributed by atoms with van der Waals surface area (Å²) in [7, 11) is 0. The van der Waals surface area contributed by atoms with Crippen LogP contribution in [-0.4, -0.2) is 25.2 Å². The van der Waals surface area contributed by atoms with Gasteiger partial charge in [0.2, 0.25) is 0 Å². The van der Waals surface area contributed by atoms with Crippen LogP contribution in [0.1, 0.15) is 25.3 Å². The molecule has 2 aromatic rings. The zero-order valence-corrected chi connectivity index (χ0v) is 14.9. The molecule has 138 valence electrons. The second-order valence-electron chi connectivity index (χ2n) is 5.59. The molecule has 0 unspecified atom stereocenters. The lowest BCUT2D eigenvalue weighted by atomic mass is 10.2. The van der Waals surface area contributed by atoms with Gasteiger partial charge in [-0.1, -0.05) is 30.3 Å². The number of carbonyl (C=O) groups is 2. The molecular formula is C20H24N2O4. The highest BCUT2D eigenvalue weighted by atomic mass is 16.5. The first kappa shape index (κ1) is 19.3. The normalized spacial score (nSPS) is 10.0. The first-order chi connectivity index (χ1) is 12.7. The van der Waals surface area contributed by atoms with Crippen LogP contribution in [0.2, 0.25) is 0 Å². The van der Waals surface area contributed by atoms with Gasteiger partial charge in [-0.2, -0.15) is 0 Å². The second kappa shape index (κ2) is 10.8. The van der Waals surface area contributed by atoms with E-state index in [2.05, 4.69) is 10.6 Å². The molecule has 0 fully saturated rings. The van der Waals surface area contributed by atoms with Gasteiger partial charge in [-0.05, 0) is 43.2 Å². The van der Waals surface area contributed by atoms with Gasteiger partial charge in [0.15, 0.2) is 0 Å². The Bertz CT molecular complexity index is 687. The lowest BCUT2D eigenvalue weighted by Crippen LogP contribution is -2.29. The van der Waals surface area contributed by atoms with Gasteiger partial charge in [0.05, 0.1) is 6.61 Å². The molecule has 0 spiro atoms. The van der Waals surface area contributed by atoms with Crippen LogP contribution in [0.5, 0.6) is 5.75 Å². The van der Waals surface area contributed by atoms with E-state index in [9.17, 15) is 9.59 Å². The van der Waals surface area contributed by atoms with Gasteiger partial charge in [0, 0.05) is 18.7 Å². The van der Waals surface area contributed by atoms with E-state index in [1.807, 2.05) is 30.3 Å². The second-order valence-corrected chi connectivity index (χ2v) is 5.59. The lowest BCUT2D eigenvalue weighted by molar-refractivity contribution is -0.143. The third-order valence-electron chi connectivity index (χ3n) is 3.51. The molecule has 2 amide bonds. The summed E-state index contributed by atoms with van der Waals surface area (Å²) in [6.45, 7) is 3.04. The predicted molar refractivity (Wildman–Crippen MR) is 100 cm³/mol. The van der Waals surface area contributed by atoms with Crippen molar-refractivity contribution in [2.75, 3.05) is 18.5 Å². The molecule has 2 aromatic carbocycles. The quantitative estimate of drug-likeness (QED) is 0.530. The Hall–Kier alpha value is -3.02. The minimum Gasteiger partial charge on any atom is -0.489 e. The minimum atomic E-state index is -0.313. The molecule has 2 N–H and O–H groups in total. The maximum atomic E-state index is 11.8. The van der Waals surface area contributed by atoms with Crippen LogP contribution in [0.15, 0.2) is 54.6 Å². The molecule has 6 heteroatoms. The fourth-order valence-corrected chi connectivity index (χ4v) is 2.22. The van der Waals surface area contributed by atoms with Crippen LogP contribution >= 0.6 is 0 Å². The summed E-state index contributed by atoms with van der Waals surface area (Å²) >= 11 is 0. The van der Waals surface area contributed by atoms with Crippen molar-refractivity contribution in [1.29, 1.82) is 0 Å². The van der Waals surface area contributed by atoms with E-state index < -0.39 is 0 Å². The summed E-state index contributed by atoms with van der Waals surface area (Å²) in [6, 6.07) is 16.8. The van der Waals surface area contributed by atoms with Crippen LogP contribution in [0, 0.1) is 0 Å². The first-order valence-corrected chi connectivity index (χ1v) is 8.64. The molecule has 0 saturated heterocycles. The monoisotopic (exact) mass is 356 g/mol. The maximum Gasteiger partial charge on any atom is 0.319 e. The number of carbonyl (C=O) groups excluding carboxylic acids is 2. The number of hydrogen-bond acceptors (Lipinski definition) is 4. The van der Waals surface area contributed by atoms with E-state index >= 15 is 0 Å². The zero-order chi connectivity index (χ0) is 18.6. The summed E-state index contributed by atoms with van der Waals surface area (Å²) in [5, 5.41) is 5.44. The Morgan fingerprint density at radius 1 is 1.00 bits per heavy atom. The Labute approximate surface area is 153 Å². The third kappa shape index (κ3) is 7.25. The highest BCUT2D eigenvalue weighted by Crippen LogP contribution is 2.17. The number of amides is 2. The van der Waals surface area contributed by atoms with Crippen LogP contribution < -0.4 is 15.4 Å². The van der Waals surface area contributed by atoms with Crippen LogP contribution in [-0.2, 0) is 16.1 Å². The van der Waals surface area contributed by atoms with Gasteiger partial charge in [-0.25, -0.2) is 4.79 Å². The molecule has 2 rings (SSSR count). The van der Waals surface area contributed by atoms with Crippen LogP contribution in [0.25, 0.3) is 0 Å². The molecule has 0 radical (unpaired) electrons. The number of benzene rings is 2. The summed E-state index contributed by atoms with van der Waals surface area (Å²) in [5.41, 5.74) is 1.76. The van der Waals surface area contributed by atoms with E-state index in [1.165, 1.54) is 0 Å². The summed E-state index contributed by atoms with van der Waals surface area (Å²) in [4.78, 5) is 23.0. The first-order valence-electron chi connectivity index (χ1n) is 8.64. The lowest BCUT2D eigenvalue weighted by Gasteiger charge is -2.09. The number of hydrogen-bond donors (Lipinski definition) is 2. The summed E-state index contributed by atoms with van der Waals surface area (Å²) < 4.78 is 10.5. The number of ether oxygens (including phenoxy) is 2. The van der Waals surface area contributed by atoms with Crippen molar-refractivity contribution in [1.82, 2.24) is 5.32 Å². The molecule has 26 heavy (non-hydrogen) atoms. The van der Waals surface area contributed by atoms with Crippen molar-refractivity contribution in [3.05, 3.63) is 60.2 Å². The Kier molecular flexibility index (Phi) is 7.99. The number of rotatable bonds is 9. The largest absolute Gasteiger partial charge is 0.489 e. The van der Waals surface area contributed by atoms with Gasteiger partial charge < -0.3 is 20.1 Å². The highest BCUT2D eigenvalue weighted by molar-refractivity contribution is 5.89. The standard InChI is InChI=1S/C20H24N2O4/c1-2-25-19(23)9-6-14-21-20(24)22-17-10-12-18(13-11-17)26-15-16-7-4-3-5-8-16/h3-5,7-8,10-13H,2,6,9,14-15H2,1H3,(H2,21,22,24). The average molecular weight is 356 g/mol. The van der Waals surface area contributed by atoms with E-state index in [-0.39, 0.29) is 12.0 Å². The Balaban J connectivity index is 1.67. The molecule has 0 heterocycles. The average Bonchev–Trinajstić information content (AvgIpc) is 2.66. The topological polar surface area (TPSA) is 76.7 Å². The Morgan fingerprint density at radius 3 is 2.42 bits per heavy atom. The molecule has 0 aliphatic heterocycles. The molecule has 0 aromatic heterocycles. The SMILES string of the molecule is CCOC(=O)CCCNC(=O)Nc1ccc(OCc2ccccc2)cc1. The van der Waals surface area contributed by atoms with Gasteiger partial charge in [-0.15, -0.1) is 0 Å². The smallest absolute Gasteiger partial charge is 0.319 e. The van der Waals surface area contributed by atoms with Gasteiger partial charge >= 0.3 is 12.0 Å². The van der Waals surface area contributed by atoms with Crippen molar-refractivity contribution in [2.24, 2.45) is 0 Å².